The monoisotopic (exact) mass is 639 g/mol. The van der Waals surface area contributed by atoms with Crippen LogP contribution in [0.2, 0.25) is 5.02 Å². The Bertz CT molecular complexity index is 2120. The highest BCUT2D eigenvalue weighted by Gasteiger charge is 2.61. The van der Waals surface area contributed by atoms with E-state index >= 15 is 0 Å². The Morgan fingerprint density at radius 2 is 1.08 bits per heavy atom. The Morgan fingerprint density at radius 1 is 0.479 bits per heavy atom. The molecule has 4 bridgehead atoms. The van der Waals surface area contributed by atoms with Crippen LogP contribution in [0.1, 0.15) is 43.2 Å². The van der Waals surface area contributed by atoms with Gasteiger partial charge in [0.15, 0.2) is 0 Å². The fourth-order valence-corrected chi connectivity index (χ4v) is 11.0. The van der Waals surface area contributed by atoms with Crippen molar-refractivity contribution in [2.45, 2.75) is 37.5 Å². The van der Waals surface area contributed by atoms with Crippen molar-refractivity contribution in [2.24, 2.45) is 23.7 Å². The third kappa shape index (κ3) is 4.17. The van der Waals surface area contributed by atoms with Crippen molar-refractivity contribution in [1.82, 2.24) is 0 Å². The number of rotatable bonds is 5. The normalized spacial score (nSPS) is 24.4. The van der Waals surface area contributed by atoms with Crippen molar-refractivity contribution in [3.8, 4) is 33.4 Å². The van der Waals surface area contributed by atoms with Gasteiger partial charge in [-0.3, -0.25) is 0 Å². The lowest BCUT2D eigenvalue weighted by atomic mass is 9.43. The van der Waals surface area contributed by atoms with Crippen molar-refractivity contribution in [3.05, 3.63) is 162 Å². The van der Waals surface area contributed by atoms with Crippen molar-refractivity contribution in [1.29, 1.82) is 0 Å². The summed E-state index contributed by atoms with van der Waals surface area (Å²) >= 11 is 7.13. The van der Waals surface area contributed by atoms with E-state index in [1.54, 1.807) is 0 Å². The van der Waals surface area contributed by atoms with Crippen LogP contribution in [0.15, 0.2) is 146 Å². The van der Waals surface area contributed by atoms with E-state index in [0.29, 0.717) is 11.8 Å². The lowest BCUT2D eigenvalue weighted by Gasteiger charge is -2.61. The molecule has 0 saturated heterocycles. The SMILES string of the molecule is Clc1cccc2c1-c1ccc(N(c3ccc(-c4ccccc4)cc3)c3ccccc3-c3ccccc3)cc1C21C2CC3CC(C2)CC1C3. The third-order valence-electron chi connectivity index (χ3n) is 12.3. The second-order valence-corrected chi connectivity index (χ2v) is 15.1. The van der Waals surface area contributed by atoms with Gasteiger partial charge in [0.05, 0.1) is 5.69 Å². The summed E-state index contributed by atoms with van der Waals surface area (Å²) in [6, 6.07) is 53.5. The largest absolute Gasteiger partial charge is 0.310 e. The third-order valence-corrected chi connectivity index (χ3v) is 12.6. The van der Waals surface area contributed by atoms with Gasteiger partial charge >= 0.3 is 0 Å². The lowest BCUT2D eigenvalue weighted by molar-refractivity contribution is -0.0399. The Balaban J connectivity index is 1.19. The van der Waals surface area contributed by atoms with E-state index < -0.39 is 0 Å². The zero-order valence-electron chi connectivity index (χ0n) is 27.0. The van der Waals surface area contributed by atoms with Gasteiger partial charge < -0.3 is 4.90 Å². The first-order valence-corrected chi connectivity index (χ1v) is 18.1. The molecule has 1 nitrogen and oxygen atoms in total. The molecule has 48 heavy (non-hydrogen) atoms. The second-order valence-electron chi connectivity index (χ2n) is 14.7. The van der Waals surface area contributed by atoms with E-state index in [4.69, 9.17) is 11.6 Å². The summed E-state index contributed by atoms with van der Waals surface area (Å²) in [7, 11) is 0. The first kappa shape index (κ1) is 28.4. The van der Waals surface area contributed by atoms with Gasteiger partial charge in [-0.2, -0.15) is 0 Å². The number of fused-ring (bicyclic) bond motifs is 3. The summed E-state index contributed by atoms with van der Waals surface area (Å²) < 4.78 is 0. The topological polar surface area (TPSA) is 3.24 Å². The second kappa shape index (κ2) is 11.0. The standard InChI is InChI=1S/C46H38ClN/c47-43-16-9-15-41-45(43)40-23-22-38(29-42(40)46(41)35-25-30-24-31(27-35)28-36(46)26-30)48(37-20-18-33(19-21-37)32-10-3-1-4-11-32)44-17-8-7-14-39(44)34-12-5-2-6-13-34/h1-23,29-31,35-36H,24-28H2. The van der Waals surface area contributed by atoms with Crippen LogP contribution < -0.4 is 4.90 Å². The highest BCUT2D eigenvalue weighted by atomic mass is 35.5. The van der Waals surface area contributed by atoms with Gasteiger partial charge in [-0.05, 0) is 126 Å². The molecule has 6 aromatic rings. The van der Waals surface area contributed by atoms with E-state index in [0.717, 1.165) is 22.5 Å². The van der Waals surface area contributed by atoms with Crippen molar-refractivity contribution < 1.29 is 0 Å². The highest BCUT2D eigenvalue weighted by Crippen LogP contribution is 2.70. The molecule has 11 rings (SSSR count). The van der Waals surface area contributed by atoms with Gasteiger partial charge in [-0.15, -0.1) is 0 Å². The predicted octanol–water partition coefficient (Wildman–Crippen LogP) is 12.9. The van der Waals surface area contributed by atoms with Gasteiger partial charge in [-0.25, -0.2) is 0 Å². The first-order chi connectivity index (χ1) is 23.7. The van der Waals surface area contributed by atoms with E-state index in [9.17, 15) is 0 Å². The minimum Gasteiger partial charge on any atom is -0.310 e. The average Bonchev–Trinajstić information content (AvgIpc) is 3.43. The Kier molecular flexibility index (Phi) is 6.50. The zero-order chi connectivity index (χ0) is 31.8. The number of para-hydroxylation sites is 1. The maximum Gasteiger partial charge on any atom is 0.0540 e. The van der Waals surface area contributed by atoms with Crippen LogP contribution >= 0.6 is 11.6 Å². The Labute approximate surface area is 288 Å². The van der Waals surface area contributed by atoms with Crippen molar-refractivity contribution in [2.75, 3.05) is 4.90 Å². The highest BCUT2D eigenvalue weighted by molar-refractivity contribution is 6.34. The predicted molar refractivity (Wildman–Crippen MR) is 200 cm³/mol. The number of hydrogen-bond acceptors (Lipinski definition) is 1. The fraction of sp³-hybridized carbons (Fsp3) is 0.217. The number of benzene rings is 6. The molecule has 0 amide bonds. The van der Waals surface area contributed by atoms with E-state index in [-0.39, 0.29) is 5.41 Å². The molecule has 234 valence electrons. The number of hydrogen-bond donors (Lipinski definition) is 0. The lowest BCUT2D eigenvalue weighted by Crippen LogP contribution is -2.55. The van der Waals surface area contributed by atoms with Crippen molar-refractivity contribution in [3.63, 3.8) is 0 Å². The van der Waals surface area contributed by atoms with Crippen LogP contribution in [0, 0.1) is 23.7 Å². The van der Waals surface area contributed by atoms with Crippen LogP contribution in [0.4, 0.5) is 17.1 Å². The Morgan fingerprint density at radius 3 is 1.79 bits per heavy atom. The number of halogens is 1. The maximum atomic E-state index is 7.13. The van der Waals surface area contributed by atoms with Gasteiger partial charge in [0.1, 0.15) is 0 Å². The van der Waals surface area contributed by atoms with Gasteiger partial charge in [0, 0.05) is 32.9 Å². The summed E-state index contributed by atoms with van der Waals surface area (Å²) in [6.45, 7) is 0. The molecule has 0 heterocycles. The number of anilines is 3. The Hall–Kier alpha value is -4.59. The summed E-state index contributed by atoms with van der Waals surface area (Å²) in [5.41, 5.74) is 14.1. The van der Waals surface area contributed by atoms with E-state index in [2.05, 4.69) is 150 Å². The van der Waals surface area contributed by atoms with Gasteiger partial charge in [0.2, 0.25) is 0 Å². The van der Waals surface area contributed by atoms with Gasteiger partial charge in [0.25, 0.3) is 0 Å². The van der Waals surface area contributed by atoms with Gasteiger partial charge in [-0.1, -0.05) is 121 Å². The van der Waals surface area contributed by atoms with Crippen LogP contribution in [0.25, 0.3) is 33.4 Å². The molecule has 0 aromatic heterocycles. The molecule has 2 heteroatoms. The molecule has 0 radical (unpaired) electrons. The summed E-state index contributed by atoms with van der Waals surface area (Å²) in [5, 5.41) is 0.898. The molecule has 6 aromatic carbocycles. The van der Waals surface area contributed by atoms with E-state index in [1.807, 2.05) is 0 Å². The molecule has 5 aliphatic rings. The summed E-state index contributed by atoms with van der Waals surface area (Å²) in [4.78, 5) is 2.49. The van der Waals surface area contributed by atoms with E-state index in [1.165, 1.54) is 88.0 Å². The zero-order valence-corrected chi connectivity index (χ0v) is 27.8. The summed E-state index contributed by atoms with van der Waals surface area (Å²) in [5.74, 6) is 3.14. The smallest absolute Gasteiger partial charge is 0.0540 e. The molecular weight excluding hydrogens is 602 g/mol. The van der Waals surface area contributed by atoms with Crippen LogP contribution in [0.5, 0.6) is 0 Å². The average molecular weight is 640 g/mol. The van der Waals surface area contributed by atoms with Crippen molar-refractivity contribution >= 4 is 28.7 Å². The van der Waals surface area contributed by atoms with Crippen LogP contribution in [-0.4, -0.2) is 0 Å². The first-order valence-electron chi connectivity index (χ1n) is 17.7. The molecule has 0 N–H and O–H groups in total. The molecule has 0 unspecified atom stereocenters. The molecule has 0 aliphatic heterocycles. The quantitative estimate of drug-likeness (QED) is 0.181. The maximum absolute atomic E-state index is 7.13. The molecule has 1 spiro atoms. The number of nitrogens with zero attached hydrogens (tertiary/aromatic N) is 1. The van der Waals surface area contributed by atoms with Crippen LogP contribution in [-0.2, 0) is 5.41 Å². The summed E-state index contributed by atoms with van der Waals surface area (Å²) in [6.07, 6.45) is 6.85. The molecule has 4 fully saturated rings. The van der Waals surface area contributed by atoms with Crippen LogP contribution in [0.3, 0.4) is 0 Å². The minimum absolute atomic E-state index is 0.0424. The molecule has 5 aliphatic carbocycles. The molecule has 4 saturated carbocycles. The minimum atomic E-state index is 0.0424. The fourth-order valence-electron chi connectivity index (χ4n) is 10.7. The molecular formula is C46H38ClN. The molecule has 0 atom stereocenters.